The van der Waals surface area contributed by atoms with Gasteiger partial charge in [-0.3, -0.25) is 4.79 Å². The molecule has 0 spiro atoms. The number of hydrogen-bond donors (Lipinski definition) is 1. The lowest BCUT2D eigenvalue weighted by Gasteiger charge is -2.34. The van der Waals surface area contributed by atoms with Crippen LogP contribution in [0.1, 0.15) is 57.9 Å². The molecule has 2 aliphatic rings. The molecule has 3 atom stereocenters. The Bertz CT molecular complexity index is 668. The Morgan fingerprint density at radius 2 is 2.04 bits per heavy atom. The molecule has 27 heavy (non-hydrogen) atoms. The van der Waals surface area contributed by atoms with Crippen molar-refractivity contribution in [3.63, 3.8) is 0 Å². The maximum atomic E-state index is 12.2. The first-order valence-corrected chi connectivity index (χ1v) is 10.00. The molecular weight excluding hydrogens is 342 g/mol. The highest BCUT2D eigenvalue weighted by Crippen LogP contribution is 2.47. The molecule has 1 saturated carbocycles. The first-order chi connectivity index (χ1) is 12.9. The molecule has 2 fully saturated rings. The van der Waals surface area contributed by atoms with E-state index in [4.69, 9.17) is 9.47 Å². The maximum Gasteiger partial charge on any atom is 0.226 e. The van der Waals surface area contributed by atoms with E-state index >= 15 is 0 Å². The minimum atomic E-state index is -0.529. The molecule has 1 aliphatic heterocycles. The number of hydrogen-bond acceptors (Lipinski definition) is 4. The zero-order valence-electron chi connectivity index (χ0n) is 16.9. The zero-order valence-corrected chi connectivity index (χ0v) is 16.9. The molecule has 1 N–H and O–H groups in total. The van der Waals surface area contributed by atoms with E-state index in [-0.39, 0.29) is 17.9 Å². The summed E-state index contributed by atoms with van der Waals surface area (Å²) < 4.78 is 11.8. The first kappa shape index (κ1) is 20.0. The molecule has 1 heterocycles. The number of methoxy groups -OCH3 is 1. The minimum absolute atomic E-state index is 0.0142. The van der Waals surface area contributed by atoms with Gasteiger partial charge in [-0.2, -0.15) is 0 Å². The van der Waals surface area contributed by atoms with Crippen molar-refractivity contribution in [1.82, 2.24) is 4.90 Å². The van der Waals surface area contributed by atoms with Crippen molar-refractivity contribution in [2.24, 2.45) is 5.41 Å². The Morgan fingerprint density at radius 3 is 2.63 bits per heavy atom. The van der Waals surface area contributed by atoms with Crippen molar-refractivity contribution in [1.29, 1.82) is 0 Å². The number of aliphatic hydroxyl groups excluding tert-OH is 1. The predicted molar refractivity (Wildman–Crippen MR) is 105 cm³/mol. The summed E-state index contributed by atoms with van der Waals surface area (Å²) in [6, 6.07) is 6.03. The predicted octanol–water partition coefficient (Wildman–Crippen LogP) is 3.55. The van der Waals surface area contributed by atoms with Gasteiger partial charge < -0.3 is 19.5 Å². The number of nitrogens with zero attached hydrogens (tertiary/aromatic N) is 1. The molecule has 149 valence electrons. The molecule has 1 aliphatic carbocycles. The number of amides is 1. The van der Waals surface area contributed by atoms with Crippen molar-refractivity contribution in [3.05, 3.63) is 30.2 Å². The Morgan fingerprint density at radius 1 is 1.33 bits per heavy atom. The fourth-order valence-corrected chi connectivity index (χ4v) is 4.46. The lowest BCUT2D eigenvalue weighted by Crippen LogP contribution is -2.38. The molecular formula is C22H32NO4. The minimum Gasteiger partial charge on any atom is -0.493 e. The fraction of sp³-hybridized carbons (Fsp3) is 0.636. The quantitative estimate of drug-likeness (QED) is 0.827. The van der Waals surface area contributed by atoms with Gasteiger partial charge in [0.05, 0.1) is 19.3 Å². The number of carbonyl (C=O) groups is 1. The summed E-state index contributed by atoms with van der Waals surface area (Å²) in [6.07, 6.45) is 5.88. The monoisotopic (exact) mass is 374 g/mol. The average molecular weight is 375 g/mol. The Hall–Kier alpha value is -1.75. The highest BCUT2D eigenvalue weighted by atomic mass is 16.5. The molecule has 3 rings (SSSR count). The van der Waals surface area contributed by atoms with E-state index in [9.17, 15) is 9.90 Å². The van der Waals surface area contributed by atoms with Crippen LogP contribution in [0.5, 0.6) is 11.5 Å². The van der Waals surface area contributed by atoms with Gasteiger partial charge in [-0.25, -0.2) is 0 Å². The van der Waals surface area contributed by atoms with Gasteiger partial charge in [0.15, 0.2) is 11.5 Å². The first-order valence-electron chi connectivity index (χ1n) is 10.00. The number of carbonyl (C=O) groups excluding carboxylic acids is 1. The molecule has 1 radical (unpaired) electrons. The second kappa shape index (κ2) is 8.09. The summed E-state index contributed by atoms with van der Waals surface area (Å²) >= 11 is 0. The second-order valence-electron chi connectivity index (χ2n) is 8.18. The third kappa shape index (κ3) is 3.93. The van der Waals surface area contributed by atoms with Crippen LogP contribution in [0.3, 0.4) is 0 Å². The van der Waals surface area contributed by atoms with Crippen LogP contribution < -0.4 is 9.47 Å². The summed E-state index contributed by atoms with van der Waals surface area (Å²) in [5.41, 5.74) is 0.677. The van der Waals surface area contributed by atoms with Crippen LogP contribution in [0.2, 0.25) is 0 Å². The smallest absolute Gasteiger partial charge is 0.226 e. The molecule has 5 nitrogen and oxygen atoms in total. The molecule has 1 saturated heterocycles. The van der Waals surface area contributed by atoms with E-state index in [0.717, 1.165) is 29.9 Å². The summed E-state index contributed by atoms with van der Waals surface area (Å²) in [5, 5.41) is 10.5. The SMILES string of the molecule is C[CH]C(=O)N1C[C@@H](c2ccc(OC)c(OC3CCCC3)c2)[C@](C)([C@@H](C)O)C1. The van der Waals surface area contributed by atoms with Crippen LogP contribution in [0.4, 0.5) is 0 Å². The zero-order chi connectivity index (χ0) is 19.6. The van der Waals surface area contributed by atoms with E-state index in [1.54, 1.807) is 20.5 Å². The summed E-state index contributed by atoms with van der Waals surface area (Å²) in [6.45, 7) is 6.78. The summed E-state index contributed by atoms with van der Waals surface area (Å²) in [5.74, 6) is 1.55. The van der Waals surface area contributed by atoms with Crippen molar-refractivity contribution < 1.29 is 19.4 Å². The standard InChI is InChI=1S/C22H32NO4/c1-5-21(25)23-13-18(22(3,14-23)15(2)24)16-10-11-19(26-4)20(12-16)27-17-8-6-7-9-17/h5,10-12,15,17-18,24H,6-9,13-14H2,1-4H3/t15-,18+,22+/m1/s1. The third-order valence-electron chi connectivity index (χ3n) is 6.43. The number of benzene rings is 1. The van der Waals surface area contributed by atoms with Crippen molar-refractivity contribution in [3.8, 4) is 11.5 Å². The van der Waals surface area contributed by atoms with E-state index in [1.807, 2.05) is 30.0 Å². The van der Waals surface area contributed by atoms with E-state index in [0.29, 0.717) is 13.1 Å². The number of aliphatic hydroxyl groups is 1. The van der Waals surface area contributed by atoms with Gasteiger partial charge in [0.1, 0.15) is 0 Å². The molecule has 0 aromatic heterocycles. The van der Waals surface area contributed by atoms with Gasteiger partial charge in [0.25, 0.3) is 0 Å². The van der Waals surface area contributed by atoms with Crippen LogP contribution in [-0.4, -0.2) is 48.3 Å². The van der Waals surface area contributed by atoms with Crippen molar-refractivity contribution in [2.45, 2.75) is 64.6 Å². The molecule has 0 unspecified atom stereocenters. The molecule has 5 heteroatoms. The van der Waals surface area contributed by atoms with Gasteiger partial charge >= 0.3 is 0 Å². The van der Waals surface area contributed by atoms with Gasteiger partial charge in [0, 0.05) is 30.8 Å². The Kier molecular flexibility index (Phi) is 5.99. The van der Waals surface area contributed by atoms with Crippen LogP contribution in [0.15, 0.2) is 18.2 Å². The van der Waals surface area contributed by atoms with Crippen LogP contribution in [0.25, 0.3) is 0 Å². The topological polar surface area (TPSA) is 59.0 Å². The van der Waals surface area contributed by atoms with E-state index in [1.165, 1.54) is 12.8 Å². The van der Waals surface area contributed by atoms with Crippen molar-refractivity contribution >= 4 is 5.91 Å². The van der Waals surface area contributed by atoms with Crippen molar-refractivity contribution in [2.75, 3.05) is 20.2 Å². The lowest BCUT2D eigenvalue weighted by molar-refractivity contribution is -0.127. The number of rotatable bonds is 6. The lowest BCUT2D eigenvalue weighted by atomic mass is 9.72. The number of ether oxygens (including phenoxy) is 2. The van der Waals surface area contributed by atoms with Gasteiger partial charge in [-0.1, -0.05) is 19.9 Å². The fourth-order valence-electron chi connectivity index (χ4n) is 4.46. The Labute approximate surface area is 162 Å². The summed E-state index contributed by atoms with van der Waals surface area (Å²) in [7, 11) is 1.66. The Balaban J connectivity index is 1.91. The molecule has 1 aromatic rings. The van der Waals surface area contributed by atoms with Crippen LogP contribution in [0, 0.1) is 11.8 Å². The van der Waals surface area contributed by atoms with Gasteiger partial charge in [-0.15, -0.1) is 0 Å². The largest absolute Gasteiger partial charge is 0.493 e. The van der Waals surface area contributed by atoms with Gasteiger partial charge in [-0.05, 0) is 50.3 Å². The van der Waals surface area contributed by atoms with E-state index < -0.39 is 11.5 Å². The number of likely N-dealkylation sites (tertiary alicyclic amines) is 1. The van der Waals surface area contributed by atoms with Gasteiger partial charge in [0.2, 0.25) is 5.91 Å². The molecule has 0 bridgehead atoms. The molecule has 1 amide bonds. The van der Waals surface area contributed by atoms with Crippen LogP contribution >= 0.6 is 0 Å². The highest BCUT2D eigenvalue weighted by Gasteiger charge is 2.48. The summed E-state index contributed by atoms with van der Waals surface area (Å²) in [4.78, 5) is 14.1. The van der Waals surface area contributed by atoms with E-state index in [2.05, 4.69) is 6.92 Å². The highest BCUT2D eigenvalue weighted by molar-refractivity contribution is 5.84. The average Bonchev–Trinajstić information content (AvgIpc) is 3.29. The normalized spacial score (nSPS) is 27.0. The third-order valence-corrected chi connectivity index (χ3v) is 6.43. The maximum absolute atomic E-state index is 12.2. The molecule has 1 aromatic carbocycles. The second-order valence-corrected chi connectivity index (χ2v) is 8.18. The van der Waals surface area contributed by atoms with Crippen LogP contribution in [-0.2, 0) is 4.79 Å².